The summed E-state index contributed by atoms with van der Waals surface area (Å²) >= 11 is 0. The fraction of sp³-hybridized carbons (Fsp3) is 0.455. The van der Waals surface area contributed by atoms with Crippen LogP contribution in [-0.2, 0) is 5.60 Å². The summed E-state index contributed by atoms with van der Waals surface area (Å²) < 4.78 is 0. The van der Waals surface area contributed by atoms with E-state index in [0.29, 0.717) is 12.0 Å². The second-order valence-electron chi connectivity index (χ2n) is 7.53. The Kier molecular flexibility index (Phi) is 4.43. The first-order chi connectivity index (χ1) is 11.7. The molecule has 126 valence electrons. The van der Waals surface area contributed by atoms with Crippen molar-refractivity contribution >= 4 is 0 Å². The van der Waals surface area contributed by atoms with E-state index in [1.54, 1.807) is 0 Å². The largest absolute Gasteiger partial charge is 0.385 e. The van der Waals surface area contributed by atoms with Crippen LogP contribution in [0.25, 0.3) is 11.1 Å². The molecule has 24 heavy (non-hydrogen) atoms. The van der Waals surface area contributed by atoms with Crippen molar-refractivity contribution in [2.75, 3.05) is 6.54 Å². The van der Waals surface area contributed by atoms with E-state index in [4.69, 9.17) is 0 Å². The summed E-state index contributed by atoms with van der Waals surface area (Å²) in [5, 5.41) is 14.9. The zero-order valence-corrected chi connectivity index (χ0v) is 14.2. The van der Waals surface area contributed by atoms with Crippen LogP contribution in [0, 0.1) is 5.92 Å². The van der Waals surface area contributed by atoms with Crippen LogP contribution in [0.1, 0.15) is 44.1 Å². The summed E-state index contributed by atoms with van der Waals surface area (Å²) in [5.41, 5.74) is 2.88. The van der Waals surface area contributed by atoms with Crippen LogP contribution >= 0.6 is 0 Å². The molecule has 1 aliphatic heterocycles. The number of aliphatic hydroxyl groups is 1. The molecule has 1 saturated carbocycles. The molecule has 2 fully saturated rings. The fourth-order valence-electron chi connectivity index (χ4n) is 4.62. The maximum Gasteiger partial charge on any atom is 0.0899 e. The minimum Gasteiger partial charge on any atom is -0.385 e. The fourth-order valence-corrected chi connectivity index (χ4v) is 4.62. The number of benzene rings is 2. The molecule has 1 aliphatic carbocycles. The van der Waals surface area contributed by atoms with E-state index in [-0.39, 0.29) is 0 Å². The van der Waals surface area contributed by atoms with Crippen LogP contribution < -0.4 is 5.32 Å². The second kappa shape index (κ2) is 6.70. The van der Waals surface area contributed by atoms with Gasteiger partial charge in [0.1, 0.15) is 0 Å². The summed E-state index contributed by atoms with van der Waals surface area (Å²) in [6.45, 7) is 1.14. The van der Waals surface area contributed by atoms with Crippen LogP contribution in [0.5, 0.6) is 0 Å². The molecule has 2 N–H and O–H groups in total. The third kappa shape index (κ3) is 3.13. The minimum absolute atomic E-state index is 0.611. The Hall–Kier alpha value is -1.64. The van der Waals surface area contributed by atoms with E-state index in [2.05, 4.69) is 53.8 Å². The number of rotatable bonds is 3. The monoisotopic (exact) mass is 321 g/mol. The van der Waals surface area contributed by atoms with Crippen LogP contribution in [0.3, 0.4) is 0 Å². The molecule has 0 bridgehead atoms. The van der Waals surface area contributed by atoms with Crippen molar-refractivity contribution in [2.24, 2.45) is 5.92 Å². The van der Waals surface area contributed by atoms with Gasteiger partial charge in [-0.2, -0.15) is 0 Å². The number of hydrogen-bond donors (Lipinski definition) is 2. The third-order valence-electron chi connectivity index (χ3n) is 5.96. The lowest BCUT2D eigenvalue weighted by Gasteiger charge is -2.39. The highest BCUT2D eigenvalue weighted by Gasteiger charge is 2.39. The molecule has 3 atom stereocenters. The normalized spacial score (nSPS) is 30.4. The molecule has 0 spiro atoms. The average Bonchev–Trinajstić information content (AvgIpc) is 3.17. The lowest BCUT2D eigenvalue weighted by molar-refractivity contribution is -0.0268. The van der Waals surface area contributed by atoms with E-state index >= 15 is 0 Å². The second-order valence-corrected chi connectivity index (χ2v) is 7.53. The van der Waals surface area contributed by atoms with Gasteiger partial charge in [0.2, 0.25) is 0 Å². The molecule has 2 heteroatoms. The summed E-state index contributed by atoms with van der Waals surface area (Å²) in [4.78, 5) is 0. The van der Waals surface area contributed by atoms with Gasteiger partial charge in [-0.3, -0.25) is 0 Å². The summed E-state index contributed by atoms with van der Waals surface area (Å²) in [6, 6.07) is 19.6. The molecule has 0 radical (unpaired) electrons. The van der Waals surface area contributed by atoms with Gasteiger partial charge in [0.05, 0.1) is 5.60 Å². The molecule has 1 saturated heterocycles. The smallest absolute Gasteiger partial charge is 0.0899 e. The minimum atomic E-state index is -0.650. The summed E-state index contributed by atoms with van der Waals surface area (Å²) in [6.07, 6.45) is 6.72. The van der Waals surface area contributed by atoms with Gasteiger partial charge in [-0.25, -0.2) is 0 Å². The lowest BCUT2D eigenvalue weighted by atomic mass is 9.71. The zero-order valence-electron chi connectivity index (χ0n) is 14.2. The molecule has 2 aromatic rings. The zero-order chi connectivity index (χ0) is 16.4. The first-order valence-electron chi connectivity index (χ1n) is 9.36. The van der Waals surface area contributed by atoms with Crippen molar-refractivity contribution in [3.8, 4) is 11.1 Å². The molecule has 3 unspecified atom stereocenters. The Morgan fingerprint density at radius 1 is 0.875 bits per heavy atom. The molecule has 0 aromatic heterocycles. The van der Waals surface area contributed by atoms with E-state index in [0.717, 1.165) is 31.4 Å². The van der Waals surface area contributed by atoms with Crippen LogP contribution in [-0.4, -0.2) is 17.7 Å². The van der Waals surface area contributed by atoms with Gasteiger partial charge in [-0.05, 0) is 67.7 Å². The van der Waals surface area contributed by atoms with E-state index in [1.165, 1.54) is 30.4 Å². The molecule has 4 rings (SSSR count). The van der Waals surface area contributed by atoms with E-state index in [1.807, 2.05) is 6.07 Å². The lowest BCUT2D eigenvalue weighted by Crippen LogP contribution is -2.40. The Bertz CT molecular complexity index is 660. The first kappa shape index (κ1) is 15.9. The SMILES string of the molecule is OC1(c2ccc(-c3ccccc3)cc2)CCCC(C2CCCN2)C1. The van der Waals surface area contributed by atoms with Gasteiger partial charge in [0.15, 0.2) is 0 Å². The Balaban J connectivity index is 1.53. The number of nitrogens with one attached hydrogen (secondary N) is 1. The van der Waals surface area contributed by atoms with Crippen LogP contribution in [0.4, 0.5) is 0 Å². The van der Waals surface area contributed by atoms with Crippen molar-refractivity contribution in [3.63, 3.8) is 0 Å². The highest BCUT2D eigenvalue weighted by atomic mass is 16.3. The molecule has 2 aliphatic rings. The molecule has 0 amide bonds. The maximum absolute atomic E-state index is 11.3. The Morgan fingerprint density at radius 3 is 2.33 bits per heavy atom. The first-order valence-corrected chi connectivity index (χ1v) is 9.36. The topological polar surface area (TPSA) is 32.3 Å². The molecule has 2 nitrogen and oxygen atoms in total. The van der Waals surface area contributed by atoms with Crippen LogP contribution in [0.2, 0.25) is 0 Å². The molecule has 1 heterocycles. The van der Waals surface area contributed by atoms with Crippen molar-refractivity contribution in [3.05, 3.63) is 60.2 Å². The third-order valence-corrected chi connectivity index (χ3v) is 5.96. The molecular weight excluding hydrogens is 294 g/mol. The highest BCUT2D eigenvalue weighted by Crippen LogP contribution is 2.42. The Morgan fingerprint density at radius 2 is 1.62 bits per heavy atom. The van der Waals surface area contributed by atoms with Crippen molar-refractivity contribution < 1.29 is 5.11 Å². The van der Waals surface area contributed by atoms with E-state index in [9.17, 15) is 5.11 Å². The van der Waals surface area contributed by atoms with Crippen LogP contribution in [0.15, 0.2) is 54.6 Å². The number of hydrogen-bond acceptors (Lipinski definition) is 2. The predicted molar refractivity (Wildman–Crippen MR) is 98.8 cm³/mol. The van der Waals surface area contributed by atoms with Gasteiger partial charge in [-0.1, -0.05) is 54.6 Å². The van der Waals surface area contributed by atoms with Gasteiger partial charge in [-0.15, -0.1) is 0 Å². The van der Waals surface area contributed by atoms with Crippen molar-refractivity contribution in [2.45, 2.75) is 50.2 Å². The highest BCUT2D eigenvalue weighted by molar-refractivity contribution is 5.63. The quantitative estimate of drug-likeness (QED) is 0.873. The molecule has 2 aromatic carbocycles. The van der Waals surface area contributed by atoms with Gasteiger partial charge < -0.3 is 10.4 Å². The average molecular weight is 321 g/mol. The van der Waals surface area contributed by atoms with Gasteiger partial charge in [0, 0.05) is 6.04 Å². The standard InChI is InChI=1S/C22H27NO/c24-22(14-4-8-19(16-22)21-9-5-15-23-21)20-12-10-18(11-13-20)17-6-2-1-3-7-17/h1-3,6-7,10-13,19,21,23-24H,4-5,8-9,14-16H2. The van der Waals surface area contributed by atoms with E-state index < -0.39 is 5.60 Å². The van der Waals surface area contributed by atoms with Gasteiger partial charge in [0.25, 0.3) is 0 Å². The van der Waals surface area contributed by atoms with Crippen molar-refractivity contribution in [1.82, 2.24) is 5.32 Å². The molecular formula is C22H27NO. The summed E-state index contributed by atoms with van der Waals surface area (Å²) in [7, 11) is 0. The summed E-state index contributed by atoms with van der Waals surface area (Å²) in [5.74, 6) is 0.611. The van der Waals surface area contributed by atoms with Gasteiger partial charge >= 0.3 is 0 Å². The Labute approximate surface area is 144 Å². The maximum atomic E-state index is 11.3. The van der Waals surface area contributed by atoms with Crippen molar-refractivity contribution in [1.29, 1.82) is 0 Å². The predicted octanol–water partition coefficient (Wildman–Crippen LogP) is 4.48.